The van der Waals surface area contributed by atoms with Crippen molar-refractivity contribution < 1.29 is 13.2 Å². The van der Waals surface area contributed by atoms with Gasteiger partial charge in [-0.25, -0.2) is 8.42 Å². The minimum Gasteiger partial charge on any atom is -0.298 e. The summed E-state index contributed by atoms with van der Waals surface area (Å²) in [5.74, 6) is 0.462. The Morgan fingerprint density at radius 2 is 1.64 bits per heavy atom. The molecule has 0 amide bonds. The van der Waals surface area contributed by atoms with E-state index >= 15 is 0 Å². The van der Waals surface area contributed by atoms with E-state index in [9.17, 15) is 13.2 Å². The summed E-state index contributed by atoms with van der Waals surface area (Å²) in [6.45, 7) is 4.01. The highest BCUT2D eigenvalue weighted by Crippen LogP contribution is 2.49. The molecule has 0 aliphatic heterocycles. The number of fused-ring (bicyclic) bond motifs is 2. The number of carbonyl (C=O) groups is 1. The van der Waals surface area contributed by atoms with Gasteiger partial charge in [0.25, 0.3) is 0 Å². The average molecular weight is 395 g/mol. The summed E-state index contributed by atoms with van der Waals surface area (Å²) in [6.07, 6.45) is 5.51. The van der Waals surface area contributed by atoms with Gasteiger partial charge in [0.1, 0.15) is 5.25 Å². The second-order valence-electron chi connectivity index (χ2n) is 8.27. The van der Waals surface area contributed by atoms with Crippen molar-refractivity contribution in [1.29, 1.82) is 0 Å². The van der Waals surface area contributed by atoms with Gasteiger partial charge in [0.05, 0.1) is 4.90 Å². The number of rotatable bonds is 6. The van der Waals surface area contributed by atoms with Gasteiger partial charge in [0.15, 0.2) is 15.6 Å². The van der Waals surface area contributed by atoms with Crippen molar-refractivity contribution in [2.75, 3.05) is 0 Å². The molecule has 2 aliphatic rings. The first-order chi connectivity index (χ1) is 13.4. The molecule has 0 N–H and O–H groups in total. The Balaban J connectivity index is 1.72. The summed E-state index contributed by atoms with van der Waals surface area (Å²) in [7, 11) is -3.77. The van der Waals surface area contributed by atoms with Gasteiger partial charge in [0, 0.05) is 5.92 Å². The normalized spacial score (nSPS) is 27.1. The molecule has 0 radical (unpaired) electrons. The molecule has 146 valence electrons. The van der Waals surface area contributed by atoms with Crippen LogP contribution in [-0.2, 0) is 21.1 Å². The lowest BCUT2D eigenvalue weighted by Gasteiger charge is -2.28. The van der Waals surface area contributed by atoms with Crippen LogP contribution >= 0.6 is 0 Å². The van der Waals surface area contributed by atoms with Crippen molar-refractivity contribution in [2.24, 2.45) is 23.7 Å². The van der Waals surface area contributed by atoms with E-state index in [0.29, 0.717) is 5.92 Å². The summed E-state index contributed by atoms with van der Waals surface area (Å²) in [4.78, 5) is 13.9. The Bertz CT molecular complexity index is 990. The highest BCUT2D eigenvalue weighted by Gasteiger charge is 2.49. The highest BCUT2D eigenvalue weighted by atomic mass is 32.2. The number of allylic oxidation sites excluding steroid dienone is 2. The van der Waals surface area contributed by atoms with Crippen molar-refractivity contribution >= 4 is 15.6 Å². The van der Waals surface area contributed by atoms with Gasteiger partial charge in [-0.3, -0.25) is 4.79 Å². The monoisotopic (exact) mass is 394 g/mol. The number of aryl methyl sites for hydroxylation is 1. The zero-order chi connectivity index (χ0) is 19.9. The van der Waals surface area contributed by atoms with Crippen LogP contribution in [-0.4, -0.2) is 19.5 Å². The van der Waals surface area contributed by atoms with E-state index < -0.39 is 15.1 Å². The van der Waals surface area contributed by atoms with Gasteiger partial charge >= 0.3 is 0 Å². The van der Waals surface area contributed by atoms with Crippen LogP contribution in [0, 0.1) is 30.6 Å². The first kappa shape index (κ1) is 19.1. The summed E-state index contributed by atoms with van der Waals surface area (Å²) in [5, 5.41) is -1.04. The maximum atomic E-state index is 13.6. The molecular weight excluding hydrogens is 368 g/mol. The number of ketones is 1. The van der Waals surface area contributed by atoms with Crippen LogP contribution < -0.4 is 0 Å². The first-order valence-corrected chi connectivity index (χ1v) is 11.5. The standard InChI is InChI=1S/C24H26O3S/c1-16-8-12-21(13-9-16)28(26,27)22(14-18-6-4-3-5-7-18)24(25)23-17(2)19-10-11-20(23)15-19/h3-13,17,19-20,22-23H,14-15H2,1-2H3/t17-,19+,20-,22?,23+/m0/s1. The van der Waals surface area contributed by atoms with Crippen molar-refractivity contribution in [2.45, 2.75) is 36.8 Å². The third-order valence-electron chi connectivity index (χ3n) is 6.49. The Kier molecular flexibility index (Phi) is 5.00. The van der Waals surface area contributed by atoms with Crippen molar-refractivity contribution in [3.05, 3.63) is 77.9 Å². The molecule has 5 atom stereocenters. The average Bonchev–Trinajstić information content (AvgIpc) is 3.28. The molecule has 1 saturated carbocycles. The minimum atomic E-state index is -3.77. The molecule has 0 spiro atoms. The fourth-order valence-corrected chi connectivity index (χ4v) is 6.56. The molecule has 0 heterocycles. The Morgan fingerprint density at radius 3 is 2.25 bits per heavy atom. The fraction of sp³-hybridized carbons (Fsp3) is 0.375. The SMILES string of the molecule is Cc1ccc(S(=O)(=O)C(Cc2ccccc2)C(=O)[C@@H]2[C@@H](C)[C@@H]3C=C[C@H]2C3)cc1. The lowest BCUT2D eigenvalue weighted by molar-refractivity contribution is -0.124. The summed E-state index contributed by atoms with van der Waals surface area (Å²) in [6, 6.07) is 16.3. The van der Waals surface area contributed by atoms with Crippen LogP contribution in [0.4, 0.5) is 0 Å². The number of hydrogen-bond acceptors (Lipinski definition) is 3. The van der Waals surface area contributed by atoms with Crippen LogP contribution in [0.25, 0.3) is 0 Å². The van der Waals surface area contributed by atoms with Crippen LogP contribution in [0.5, 0.6) is 0 Å². The molecule has 1 fully saturated rings. The van der Waals surface area contributed by atoms with Crippen LogP contribution in [0.15, 0.2) is 71.6 Å². The van der Waals surface area contributed by atoms with E-state index in [4.69, 9.17) is 0 Å². The van der Waals surface area contributed by atoms with E-state index in [1.807, 2.05) is 37.3 Å². The third-order valence-corrected chi connectivity index (χ3v) is 8.56. The smallest absolute Gasteiger partial charge is 0.188 e. The van der Waals surface area contributed by atoms with Gasteiger partial charge in [0.2, 0.25) is 0 Å². The van der Waals surface area contributed by atoms with E-state index in [1.165, 1.54) is 0 Å². The number of sulfone groups is 1. The lowest BCUT2D eigenvalue weighted by Crippen LogP contribution is -2.40. The van der Waals surface area contributed by atoms with Gasteiger partial charge in [-0.1, -0.05) is 67.1 Å². The molecule has 3 nitrogen and oxygen atoms in total. The number of hydrogen-bond donors (Lipinski definition) is 0. The number of Topliss-reactive ketones (excluding diaryl/α,β-unsaturated/α-hetero) is 1. The van der Waals surface area contributed by atoms with Gasteiger partial charge in [-0.2, -0.15) is 0 Å². The zero-order valence-electron chi connectivity index (χ0n) is 16.3. The summed E-state index contributed by atoms with van der Waals surface area (Å²) in [5.41, 5.74) is 1.87. The Morgan fingerprint density at radius 1 is 1.00 bits per heavy atom. The molecular formula is C24H26O3S. The molecule has 0 aromatic heterocycles. The van der Waals surface area contributed by atoms with E-state index in [2.05, 4.69) is 19.1 Å². The highest BCUT2D eigenvalue weighted by molar-refractivity contribution is 7.92. The lowest BCUT2D eigenvalue weighted by atomic mass is 9.80. The number of benzene rings is 2. The molecule has 2 bridgehead atoms. The third kappa shape index (κ3) is 3.35. The first-order valence-electron chi connectivity index (χ1n) is 9.94. The van der Waals surface area contributed by atoms with Gasteiger partial charge in [-0.05, 0) is 55.2 Å². The second-order valence-corrected chi connectivity index (χ2v) is 10.4. The topological polar surface area (TPSA) is 51.2 Å². The predicted octanol–water partition coefficient (Wildman–Crippen LogP) is 4.41. The maximum absolute atomic E-state index is 13.6. The fourth-order valence-electron chi connectivity index (χ4n) is 4.84. The minimum absolute atomic E-state index is 0.117. The Hall–Kier alpha value is -2.20. The molecule has 2 aromatic rings. The van der Waals surface area contributed by atoms with Crippen molar-refractivity contribution in [3.63, 3.8) is 0 Å². The molecule has 4 heteroatoms. The van der Waals surface area contributed by atoms with Crippen LogP contribution in [0.3, 0.4) is 0 Å². The molecule has 2 aliphatic carbocycles. The quantitative estimate of drug-likeness (QED) is 0.682. The van der Waals surface area contributed by atoms with Crippen molar-refractivity contribution in [1.82, 2.24) is 0 Å². The molecule has 1 unspecified atom stereocenters. The molecule has 28 heavy (non-hydrogen) atoms. The number of carbonyl (C=O) groups excluding carboxylic acids is 1. The van der Waals surface area contributed by atoms with Crippen LogP contribution in [0.2, 0.25) is 0 Å². The largest absolute Gasteiger partial charge is 0.298 e. The van der Waals surface area contributed by atoms with E-state index in [1.54, 1.807) is 24.3 Å². The van der Waals surface area contributed by atoms with Crippen molar-refractivity contribution in [3.8, 4) is 0 Å². The van der Waals surface area contributed by atoms with Gasteiger partial charge in [-0.15, -0.1) is 0 Å². The predicted molar refractivity (Wildman–Crippen MR) is 111 cm³/mol. The maximum Gasteiger partial charge on any atom is 0.188 e. The molecule has 2 aromatic carbocycles. The van der Waals surface area contributed by atoms with Crippen LogP contribution in [0.1, 0.15) is 24.5 Å². The zero-order valence-corrected chi connectivity index (χ0v) is 17.1. The van der Waals surface area contributed by atoms with Gasteiger partial charge < -0.3 is 0 Å². The Labute approximate surface area is 167 Å². The summed E-state index contributed by atoms with van der Waals surface area (Å²) < 4.78 is 27.0. The van der Waals surface area contributed by atoms with E-state index in [0.717, 1.165) is 17.5 Å². The second kappa shape index (κ2) is 7.32. The van der Waals surface area contributed by atoms with E-state index in [-0.39, 0.29) is 34.9 Å². The molecule has 4 rings (SSSR count). The summed E-state index contributed by atoms with van der Waals surface area (Å²) >= 11 is 0. The molecule has 0 saturated heterocycles.